The summed E-state index contributed by atoms with van der Waals surface area (Å²) >= 11 is 0. The van der Waals surface area contributed by atoms with E-state index in [1.54, 1.807) is 18.2 Å². The first-order valence-corrected chi connectivity index (χ1v) is 6.48. The molecule has 0 saturated carbocycles. The number of para-hydroxylation sites is 2. The molecule has 0 radical (unpaired) electrons. The zero-order chi connectivity index (χ0) is 15.4. The van der Waals surface area contributed by atoms with Crippen LogP contribution in [0.25, 0.3) is 5.69 Å². The van der Waals surface area contributed by atoms with E-state index in [1.165, 1.54) is 6.07 Å². The van der Waals surface area contributed by atoms with Crippen LogP contribution in [0.4, 0.5) is 11.5 Å². The standard InChI is InChI=1S/C13H14N6O2/c1-3-17(4-2)13-10(9-14)15-18(16-13)11-7-5-6-8-12(11)19(20)21/h5-8H,3-4H2,1-2H3. The number of aromatic nitrogens is 3. The van der Waals surface area contributed by atoms with E-state index < -0.39 is 4.92 Å². The van der Waals surface area contributed by atoms with E-state index in [2.05, 4.69) is 10.2 Å². The number of hydrogen-bond donors (Lipinski definition) is 0. The van der Waals surface area contributed by atoms with Crippen LogP contribution in [0.15, 0.2) is 24.3 Å². The van der Waals surface area contributed by atoms with Gasteiger partial charge in [-0.15, -0.1) is 15.0 Å². The fraction of sp³-hybridized carbons (Fsp3) is 0.308. The van der Waals surface area contributed by atoms with Gasteiger partial charge in [0.05, 0.1) is 4.92 Å². The summed E-state index contributed by atoms with van der Waals surface area (Å²) in [6.07, 6.45) is 0. The lowest BCUT2D eigenvalue weighted by Gasteiger charge is -2.16. The first kappa shape index (κ1) is 14.5. The predicted molar refractivity (Wildman–Crippen MR) is 76.3 cm³/mol. The van der Waals surface area contributed by atoms with Crippen molar-refractivity contribution in [3.8, 4) is 11.8 Å². The van der Waals surface area contributed by atoms with Crippen LogP contribution in [0, 0.1) is 21.4 Å². The van der Waals surface area contributed by atoms with E-state index in [0.29, 0.717) is 18.9 Å². The van der Waals surface area contributed by atoms with Gasteiger partial charge in [-0.1, -0.05) is 12.1 Å². The first-order chi connectivity index (χ1) is 10.1. The van der Waals surface area contributed by atoms with Crippen LogP contribution in [-0.4, -0.2) is 33.0 Å². The minimum absolute atomic E-state index is 0.108. The van der Waals surface area contributed by atoms with Gasteiger partial charge in [0, 0.05) is 19.2 Å². The lowest BCUT2D eigenvalue weighted by molar-refractivity contribution is -0.384. The van der Waals surface area contributed by atoms with E-state index in [9.17, 15) is 15.4 Å². The number of hydrogen-bond acceptors (Lipinski definition) is 6. The maximum absolute atomic E-state index is 11.1. The molecule has 0 amide bonds. The molecule has 1 aromatic heterocycles. The Labute approximate surface area is 121 Å². The second-order valence-corrected chi connectivity index (χ2v) is 4.19. The maximum atomic E-state index is 11.1. The van der Waals surface area contributed by atoms with E-state index >= 15 is 0 Å². The van der Waals surface area contributed by atoms with Gasteiger partial charge in [-0.3, -0.25) is 10.1 Å². The topological polar surface area (TPSA) is 101 Å². The van der Waals surface area contributed by atoms with Gasteiger partial charge in [-0.05, 0) is 19.9 Å². The highest BCUT2D eigenvalue weighted by atomic mass is 16.6. The van der Waals surface area contributed by atoms with Crippen LogP contribution < -0.4 is 4.90 Å². The average molecular weight is 286 g/mol. The number of benzene rings is 1. The second-order valence-electron chi connectivity index (χ2n) is 4.19. The molecule has 0 aliphatic rings. The number of nitriles is 1. The van der Waals surface area contributed by atoms with Gasteiger partial charge >= 0.3 is 0 Å². The molecule has 0 aliphatic carbocycles. The number of nitro groups is 1. The van der Waals surface area contributed by atoms with Crippen LogP contribution in [0.3, 0.4) is 0 Å². The van der Waals surface area contributed by atoms with Gasteiger partial charge in [0.25, 0.3) is 5.69 Å². The number of nitro benzene ring substituents is 1. The Hall–Kier alpha value is -2.95. The van der Waals surface area contributed by atoms with Crippen molar-refractivity contribution in [2.24, 2.45) is 0 Å². The average Bonchev–Trinajstić information content (AvgIpc) is 2.92. The van der Waals surface area contributed by atoms with E-state index in [1.807, 2.05) is 24.8 Å². The molecule has 0 bridgehead atoms. The predicted octanol–water partition coefficient (Wildman–Crippen LogP) is 1.89. The third-order valence-electron chi connectivity index (χ3n) is 3.06. The highest BCUT2D eigenvalue weighted by Gasteiger charge is 2.21. The van der Waals surface area contributed by atoms with Crippen molar-refractivity contribution in [1.29, 1.82) is 5.26 Å². The molecular formula is C13H14N6O2. The van der Waals surface area contributed by atoms with Crippen molar-refractivity contribution in [1.82, 2.24) is 15.0 Å². The largest absolute Gasteiger partial charge is 0.353 e. The smallest absolute Gasteiger partial charge is 0.296 e. The Kier molecular flexibility index (Phi) is 4.13. The molecule has 0 fully saturated rings. The Morgan fingerprint density at radius 1 is 1.33 bits per heavy atom. The normalized spacial score (nSPS) is 10.1. The van der Waals surface area contributed by atoms with Crippen LogP contribution in [-0.2, 0) is 0 Å². The van der Waals surface area contributed by atoms with Gasteiger partial charge in [0.15, 0.2) is 11.5 Å². The summed E-state index contributed by atoms with van der Waals surface area (Å²) in [5.74, 6) is 0.431. The third-order valence-corrected chi connectivity index (χ3v) is 3.06. The second kappa shape index (κ2) is 6.00. The Balaban J connectivity index is 2.57. The molecular weight excluding hydrogens is 272 g/mol. The lowest BCUT2D eigenvalue weighted by Crippen LogP contribution is -2.23. The summed E-state index contributed by atoms with van der Waals surface area (Å²) in [7, 11) is 0. The van der Waals surface area contributed by atoms with Crippen molar-refractivity contribution >= 4 is 11.5 Å². The van der Waals surface area contributed by atoms with Crippen molar-refractivity contribution in [3.63, 3.8) is 0 Å². The zero-order valence-corrected chi connectivity index (χ0v) is 11.7. The number of anilines is 1. The van der Waals surface area contributed by atoms with Crippen molar-refractivity contribution in [2.45, 2.75) is 13.8 Å². The fourth-order valence-corrected chi connectivity index (χ4v) is 2.00. The molecule has 2 aromatic rings. The monoisotopic (exact) mass is 286 g/mol. The first-order valence-electron chi connectivity index (χ1n) is 6.48. The van der Waals surface area contributed by atoms with Gasteiger partial charge < -0.3 is 4.90 Å². The van der Waals surface area contributed by atoms with E-state index in [4.69, 9.17) is 0 Å². The molecule has 0 spiro atoms. The summed E-state index contributed by atoms with van der Waals surface area (Å²) in [6, 6.07) is 8.13. The Morgan fingerprint density at radius 3 is 2.57 bits per heavy atom. The number of nitrogens with zero attached hydrogens (tertiary/aromatic N) is 6. The molecule has 1 heterocycles. The molecule has 2 rings (SSSR count). The summed E-state index contributed by atoms with van der Waals surface area (Å²) in [6.45, 7) is 5.21. The molecule has 0 atom stereocenters. The highest BCUT2D eigenvalue weighted by Crippen LogP contribution is 2.23. The van der Waals surface area contributed by atoms with Crippen molar-refractivity contribution in [2.75, 3.05) is 18.0 Å². The van der Waals surface area contributed by atoms with Gasteiger partial charge in [0.2, 0.25) is 5.69 Å². The van der Waals surface area contributed by atoms with Gasteiger partial charge in [-0.25, -0.2) is 0 Å². The molecule has 8 heteroatoms. The van der Waals surface area contributed by atoms with Gasteiger partial charge in [0.1, 0.15) is 6.07 Å². The summed E-state index contributed by atoms with van der Waals surface area (Å²) in [5.41, 5.74) is 0.275. The minimum Gasteiger partial charge on any atom is -0.353 e. The fourth-order valence-electron chi connectivity index (χ4n) is 2.00. The zero-order valence-electron chi connectivity index (χ0n) is 11.7. The van der Waals surface area contributed by atoms with E-state index in [-0.39, 0.29) is 17.1 Å². The molecule has 0 aliphatic heterocycles. The molecule has 0 unspecified atom stereocenters. The molecule has 0 N–H and O–H groups in total. The summed E-state index contributed by atoms with van der Waals surface area (Å²) in [5, 5.41) is 28.5. The summed E-state index contributed by atoms with van der Waals surface area (Å²) < 4.78 is 0. The van der Waals surface area contributed by atoms with E-state index in [0.717, 1.165) is 4.80 Å². The SMILES string of the molecule is CCN(CC)c1nn(-c2ccccc2[N+](=O)[O-])nc1C#N. The van der Waals surface area contributed by atoms with Gasteiger partial charge in [-0.2, -0.15) is 5.26 Å². The Morgan fingerprint density at radius 2 is 2.00 bits per heavy atom. The summed E-state index contributed by atoms with van der Waals surface area (Å²) in [4.78, 5) is 13.6. The molecule has 21 heavy (non-hydrogen) atoms. The minimum atomic E-state index is -0.498. The van der Waals surface area contributed by atoms with Crippen LogP contribution in [0.2, 0.25) is 0 Å². The molecule has 8 nitrogen and oxygen atoms in total. The lowest BCUT2D eigenvalue weighted by atomic mass is 10.3. The van der Waals surface area contributed by atoms with Crippen LogP contribution >= 0.6 is 0 Å². The quantitative estimate of drug-likeness (QED) is 0.614. The molecule has 108 valence electrons. The molecule has 1 aromatic carbocycles. The van der Waals surface area contributed by atoms with Crippen molar-refractivity contribution < 1.29 is 4.92 Å². The van der Waals surface area contributed by atoms with Crippen LogP contribution in [0.5, 0.6) is 0 Å². The molecule has 0 saturated heterocycles. The van der Waals surface area contributed by atoms with Crippen LogP contribution in [0.1, 0.15) is 19.5 Å². The van der Waals surface area contributed by atoms with Crippen molar-refractivity contribution in [3.05, 3.63) is 40.1 Å². The highest BCUT2D eigenvalue weighted by molar-refractivity contribution is 5.54. The maximum Gasteiger partial charge on any atom is 0.296 e. The Bertz CT molecular complexity index is 699. The number of rotatable bonds is 5. The third kappa shape index (κ3) is 2.67.